The summed E-state index contributed by atoms with van der Waals surface area (Å²) in [5.74, 6) is 0.410. The van der Waals surface area contributed by atoms with E-state index in [1.165, 1.54) is 12.1 Å². The fourth-order valence-electron chi connectivity index (χ4n) is 1.35. The number of anilines is 1. The quantitative estimate of drug-likeness (QED) is 0.807. The van der Waals surface area contributed by atoms with Gasteiger partial charge in [-0.15, -0.1) is 0 Å². The van der Waals surface area contributed by atoms with Crippen molar-refractivity contribution in [1.29, 1.82) is 0 Å². The molecule has 0 saturated carbocycles. The van der Waals surface area contributed by atoms with Crippen molar-refractivity contribution < 1.29 is 13.5 Å². The molecule has 0 spiro atoms. The second kappa shape index (κ2) is 4.81. The minimum atomic E-state index is -0.340. The van der Waals surface area contributed by atoms with Crippen molar-refractivity contribution in [2.24, 2.45) is 0 Å². The number of ether oxygens (including phenoxy) is 1. The third kappa shape index (κ3) is 2.61. The molecule has 0 atom stereocenters. The highest BCUT2D eigenvalue weighted by molar-refractivity contribution is 5.46. The molecule has 2 N–H and O–H groups in total. The average molecular weight is 221 g/mol. The van der Waals surface area contributed by atoms with Gasteiger partial charge in [0.25, 0.3) is 0 Å². The van der Waals surface area contributed by atoms with E-state index in [9.17, 15) is 4.39 Å². The number of nitrogen functional groups attached to an aromatic ring is 1. The number of hydrogen-bond acceptors (Lipinski definition) is 3. The molecule has 84 valence electrons. The Balaban J connectivity index is 1.90. The molecule has 0 radical (unpaired) electrons. The molecule has 0 aliphatic carbocycles. The third-order valence-electron chi connectivity index (χ3n) is 2.19. The fourth-order valence-corrected chi connectivity index (χ4v) is 1.35. The van der Waals surface area contributed by atoms with Crippen LogP contribution in [0.25, 0.3) is 0 Å². The lowest BCUT2D eigenvalue weighted by atomic mass is 10.2. The van der Waals surface area contributed by atoms with Crippen LogP contribution in [0.1, 0.15) is 11.3 Å². The van der Waals surface area contributed by atoms with Gasteiger partial charge >= 0.3 is 0 Å². The van der Waals surface area contributed by atoms with Crippen molar-refractivity contribution in [3.63, 3.8) is 0 Å². The summed E-state index contributed by atoms with van der Waals surface area (Å²) >= 11 is 0. The van der Waals surface area contributed by atoms with E-state index < -0.39 is 0 Å². The molecule has 2 aromatic rings. The smallest absolute Gasteiger partial charge is 0.129 e. The van der Waals surface area contributed by atoms with E-state index in [4.69, 9.17) is 14.9 Å². The van der Waals surface area contributed by atoms with Crippen LogP contribution in [0, 0.1) is 5.82 Å². The predicted octanol–water partition coefficient (Wildman–Crippen LogP) is 2.72. The second-order valence-electron chi connectivity index (χ2n) is 3.42. The molecule has 0 fully saturated rings. The van der Waals surface area contributed by atoms with Crippen molar-refractivity contribution in [2.45, 2.75) is 13.2 Å². The van der Waals surface area contributed by atoms with Gasteiger partial charge in [-0.05, 0) is 24.3 Å². The molecular weight excluding hydrogens is 209 g/mol. The number of halogens is 1. The Morgan fingerprint density at radius 1 is 1.25 bits per heavy atom. The lowest BCUT2D eigenvalue weighted by molar-refractivity contribution is 0.0933. The molecular formula is C12H12FNO2. The average Bonchev–Trinajstić information content (AvgIpc) is 2.74. The second-order valence-corrected chi connectivity index (χ2v) is 3.42. The molecule has 0 unspecified atom stereocenters. The highest BCUT2D eigenvalue weighted by Crippen LogP contribution is 2.15. The number of nitrogens with two attached hydrogens (primary N) is 1. The minimum Gasteiger partial charge on any atom is -0.467 e. The largest absolute Gasteiger partial charge is 0.467 e. The summed E-state index contributed by atoms with van der Waals surface area (Å²) in [5.41, 5.74) is 6.81. The van der Waals surface area contributed by atoms with Crippen molar-refractivity contribution in [3.8, 4) is 0 Å². The highest BCUT2D eigenvalue weighted by Gasteiger charge is 2.02. The number of furan rings is 1. The van der Waals surface area contributed by atoms with E-state index >= 15 is 0 Å². The normalized spacial score (nSPS) is 10.6. The van der Waals surface area contributed by atoms with Gasteiger partial charge in [0.1, 0.15) is 18.2 Å². The van der Waals surface area contributed by atoms with Crippen LogP contribution in [0.4, 0.5) is 10.1 Å². The number of benzene rings is 1. The SMILES string of the molecule is Nc1cc(F)ccc1COCc1ccco1. The van der Waals surface area contributed by atoms with Gasteiger partial charge in [0.05, 0.1) is 12.9 Å². The van der Waals surface area contributed by atoms with Gasteiger partial charge in [0.2, 0.25) is 0 Å². The fraction of sp³-hybridized carbons (Fsp3) is 0.167. The molecule has 1 aromatic carbocycles. The Morgan fingerprint density at radius 3 is 2.81 bits per heavy atom. The van der Waals surface area contributed by atoms with Gasteiger partial charge in [0, 0.05) is 11.3 Å². The summed E-state index contributed by atoms with van der Waals surface area (Å²) < 4.78 is 23.3. The molecule has 0 bridgehead atoms. The Kier molecular flexibility index (Phi) is 3.22. The van der Waals surface area contributed by atoms with E-state index in [0.29, 0.717) is 18.9 Å². The van der Waals surface area contributed by atoms with Crippen molar-refractivity contribution in [3.05, 3.63) is 53.7 Å². The van der Waals surface area contributed by atoms with E-state index in [1.54, 1.807) is 18.4 Å². The van der Waals surface area contributed by atoms with E-state index in [-0.39, 0.29) is 5.82 Å². The van der Waals surface area contributed by atoms with E-state index in [2.05, 4.69) is 0 Å². The van der Waals surface area contributed by atoms with Crippen LogP contribution in [0.5, 0.6) is 0 Å². The first-order valence-corrected chi connectivity index (χ1v) is 4.90. The molecule has 3 nitrogen and oxygen atoms in total. The zero-order chi connectivity index (χ0) is 11.4. The van der Waals surface area contributed by atoms with Gasteiger partial charge in [0.15, 0.2) is 0 Å². The molecule has 0 amide bonds. The first-order valence-electron chi connectivity index (χ1n) is 4.90. The summed E-state index contributed by atoms with van der Waals surface area (Å²) in [6.45, 7) is 0.719. The molecule has 16 heavy (non-hydrogen) atoms. The van der Waals surface area contributed by atoms with Crippen LogP contribution in [-0.4, -0.2) is 0 Å². The summed E-state index contributed by atoms with van der Waals surface area (Å²) in [4.78, 5) is 0. The van der Waals surface area contributed by atoms with E-state index in [1.807, 2.05) is 6.07 Å². The van der Waals surface area contributed by atoms with Crippen molar-refractivity contribution in [1.82, 2.24) is 0 Å². The maximum Gasteiger partial charge on any atom is 0.129 e. The first kappa shape index (κ1) is 10.7. The van der Waals surface area contributed by atoms with Crippen molar-refractivity contribution in [2.75, 3.05) is 5.73 Å². The number of hydrogen-bond donors (Lipinski definition) is 1. The maximum atomic E-state index is 12.8. The standard InChI is InChI=1S/C12H12FNO2/c13-10-4-3-9(12(14)6-10)7-15-8-11-2-1-5-16-11/h1-6H,7-8,14H2. The maximum absolute atomic E-state index is 12.8. The lowest BCUT2D eigenvalue weighted by Gasteiger charge is -2.05. The van der Waals surface area contributed by atoms with Crippen LogP contribution >= 0.6 is 0 Å². The minimum absolute atomic E-state index is 0.340. The Morgan fingerprint density at radius 2 is 2.12 bits per heavy atom. The topological polar surface area (TPSA) is 48.4 Å². The molecule has 1 heterocycles. The van der Waals surface area contributed by atoms with Crippen LogP contribution < -0.4 is 5.73 Å². The van der Waals surface area contributed by atoms with Crippen LogP contribution in [0.2, 0.25) is 0 Å². The third-order valence-corrected chi connectivity index (χ3v) is 2.19. The highest BCUT2D eigenvalue weighted by atomic mass is 19.1. The molecule has 2 rings (SSSR count). The van der Waals surface area contributed by atoms with Crippen LogP contribution in [0.3, 0.4) is 0 Å². The summed E-state index contributed by atoms with van der Waals surface area (Å²) in [6.07, 6.45) is 1.59. The summed E-state index contributed by atoms with van der Waals surface area (Å²) in [7, 11) is 0. The van der Waals surface area contributed by atoms with Gasteiger partial charge < -0.3 is 14.9 Å². The molecule has 0 aliphatic heterocycles. The Hall–Kier alpha value is -1.81. The Bertz CT molecular complexity index is 454. The summed E-state index contributed by atoms with van der Waals surface area (Å²) in [5, 5.41) is 0. The van der Waals surface area contributed by atoms with Crippen molar-refractivity contribution >= 4 is 5.69 Å². The molecule has 4 heteroatoms. The molecule has 0 saturated heterocycles. The molecule has 1 aromatic heterocycles. The van der Waals surface area contributed by atoms with Crippen LogP contribution in [0.15, 0.2) is 41.0 Å². The monoisotopic (exact) mass is 221 g/mol. The number of rotatable bonds is 4. The Labute approximate surface area is 92.6 Å². The van der Waals surface area contributed by atoms with Crippen LogP contribution in [-0.2, 0) is 18.0 Å². The van der Waals surface area contributed by atoms with Gasteiger partial charge in [-0.3, -0.25) is 0 Å². The zero-order valence-corrected chi connectivity index (χ0v) is 8.65. The van der Waals surface area contributed by atoms with Gasteiger partial charge in [-0.1, -0.05) is 6.07 Å². The van der Waals surface area contributed by atoms with Gasteiger partial charge in [-0.25, -0.2) is 4.39 Å². The predicted molar refractivity (Wildman–Crippen MR) is 58.0 cm³/mol. The van der Waals surface area contributed by atoms with E-state index in [0.717, 1.165) is 11.3 Å². The lowest BCUT2D eigenvalue weighted by Crippen LogP contribution is -1.98. The summed E-state index contributed by atoms with van der Waals surface area (Å²) in [6, 6.07) is 7.89. The first-order chi connectivity index (χ1) is 7.75. The zero-order valence-electron chi connectivity index (χ0n) is 8.65. The molecule has 0 aliphatic rings. The van der Waals surface area contributed by atoms with Gasteiger partial charge in [-0.2, -0.15) is 0 Å².